The lowest BCUT2D eigenvalue weighted by atomic mass is 10.1. The predicted octanol–water partition coefficient (Wildman–Crippen LogP) is 3.51. The van der Waals surface area contributed by atoms with Crippen molar-refractivity contribution in [3.63, 3.8) is 0 Å². The van der Waals surface area contributed by atoms with Gasteiger partial charge in [-0.15, -0.1) is 0 Å². The van der Waals surface area contributed by atoms with Gasteiger partial charge in [-0.1, -0.05) is 12.1 Å². The van der Waals surface area contributed by atoms with Crippen LogP contribution in [-0.2, 0) is 4.74 Å². The zero-order chi connectivity index (χ0) is 16.4. The zero-order valence-electron chi connectivity index (χ0n) is 13.1. The largest absolute Gasteiger partial charge is 0.447 e. The summed E-state index contributed by atoms with van der Waals surface area (Å²) in [4.78, 5) is 25.5. The lowest BCUT2D eigenvalue weighted by molar-refractivity contribution is 0.102. The summed E-state index contributed by atoms with van der Waals surface area (Å²) in [6.45, 7) is 4.90. The molecule has 2 aromatic carbocycles. The number of benzene rings is 2. The number of cyclic esters (lactones) is 1. The van der Waals surface area contributed by atoms with Crippen LogP contribution < -0.4 is 10.2 Å². The minimum absolute atomic E-state index is 0.172. The van der Waals surface area contributed by atoms with Gasteiger partial charge in [0.05, 0.1) is 6.54 Å². The second-order valence-electron chi connectivity index (χ2n) is 5.57. The van der Waals surface area contributed by atoms with Crippen LogP contribution in [0.25, 0.3) is 0 Å². The first kappa shape index (κ1) is 15.1. The summed E-state index contributed by atoms with van der Waals surface area (Å²) in [6, 6.07) is 12.8. The topological polar surface area (TPSA) is 58.6 Å². The molecule has 1 N–H and O–H groups in total. The summed E-state index contributed by atoms with van der Waals surface area (Å²) < 4.78 is 4.93. The highest BCUT2D eigenvalue weighted by molar-refractivity contribution is 6.04. The fourth-order valence-electron chi connectivity index (χ4n) is 2.47. The molecule has 118 valence electrons. The van der Waals surface area contributed by atoms with E-state index in [1.807, 2.05) is 32.0 Å². The Labute approximate surface area is 134 Å². The Kier molecular flexibility index (Phi) is 4.02. The Bertz CT molecular complexity index is 771. The number of carbonyl (C=O) groups excluding carboxylic acids is 2. The lowest BCUT2D eigenvalue weighted by Crippen LogP contribution is -2.23. The molecular weight excluding hydrogens is 292 g/mol. The van der Waals surface area contributed by atoms with Gasteiger partial charge in [-0.05, 0) is 55.3 Å². The van der Waals surface area contributed by atoms with Crippen molar-refractivity contribution in [2.45, 2.75) is 13.8 Å². The summed E-state index contributed by atoms with van der Waals surface area (Å²) in [7, 11) is 0. The third-order valence-corrected chi connectivity index (χ3v) is 3.95. The van der Waals surface area contributed by atoms with E-state index in [9.17, 15) is 9.59 Å². The minimum atomic E-state index is -0.359. The van der Waals surface area contributed by atoms with E-state index < -0.39 is 0 Å². The smallest absolute Gasteiger partial charge is 0.414 e. The Hall–Kier alpha value is -2.82. The number of hydrogen-bond donors (Lipinski definition) is 1. The molecule has 3 rings (SSSR count). The average Bonchev–Trinajstić information content (AvgIpc) is 2.96. The molecule has 1 aliphatic rings. The Morgan fingerprint density at radius 2 is 1.96 bits per heavy atom. The van der Waals surface area contributed by atoms with Gasteiger partial charge in [-0.3, -0.25) is 9.69 Å². The molecule has 0 saturated carbocycles. The number of amides is 2. The Morgan fingerprint density at radius 3 is 2.65 bits per heavy atom. The first-order valence-corrected chi connectivity index (χ1v) is 7.47. The molecule has 0 atom stereocenters. The summed E-state index contributed by atoms with van der Waals surface area (Å²) in [6.07, 6.45) is -0.359. The number of nitrogens with one attached hydrogen (secondary N) is 1. The molecule has 23 heavy (non-hydrogen) atoms. The van der Waals surface area contributed by atoms with Crippen LogP contribution in [0.1, 0.15) is 21.5 Å². The average molecular weight is 310 g/mol. The van der Waals surface area contributed by atoms with Crippen LogP contribution in [0, 0.1) is 13.8 Å². The number of nitrogens with zero attached hydrogens (tertiary/aromatic N) is 1. The molecule has 5 nitrogen and oxygen atoms in total. The van der Waals surface area contributed by atoms with E-state index in [2.05, 4.69) is 5.32 Å². The van der Waals surface area contributed by atoms with Gasteiger partial charge >= 0.3 is 6.09 Å². The van der Waals surface area contributed by atoms with E-state index in [1.165, 1.54) is 0 Å². The molecule has 2 aromatic rings. The second kappa shape index (κ2) is 6.12. The van der Waals surface area contributed by atoms with Gasteiger partial charge in [0.1, 0.15) is 6.61 Å². The molecule has 1 heterocycles. The summed E-state index contributed by atoms with van der Waals surface area (Å²) in [5.74, 6) is -0.172. The van der Waals surface area contributed by atoms with Crippen molar-refractivity contribution in [2.75, 3.05) is 23.4 Å². The van der Waals surface area contributed by atoms with Gasteiger partial charge in [-0.2, -0.15) is 0 Å². The van der Waals surface area contributed by atoms with Gasteiger partial charge in [-0.25, -0.2) is 4.79 Å². The molecule has 0 spiro atoms. The van der Waals surface area contributed by atoms with Crippen LogP contribution in [-0.4, -0.2) is 25.2 Å². The molecule has 0 unspecified atom stereocenters. The van der Waals surface area contributed by atoms with Crippen molar-refractivity contribution < 1.29 is 14.3 Å². The highest BCUT2D eigenvalue weighted by atomic mass is 16.6. The molecule has 1 fully saturated rings. The third kappa shape index (κ3) is 3.18. The van der Waals surface area contributed by atoms with Gasteiger partial charge in [0.15, 0.2) is 0 Å². The van der Waals surface area contributed by atoms with E-state index in [4.69, 9.17) is 4.74 Å². The van der Waals surface area contributed by atoms with Gasteiger partial charge < -0.3 is 10.1 Å². The first-order chi connectivity index (χ1) is 11.0. The van der Waals surface area contributed by atoms with Crippen LogP contribution in [0.5, 0.6) is 0 Å². The standard InChI is InChI=1S/C18H18N2O3/c1-12-6-7-14(10-13(12)2)17(21)19-15-4-3-5-16(11-15)20-8-9-23-18(20)22/h3-7,10-11H,8-9H2,1-2H3,(H,19,21). The van der Waals surface area contributed by atoms with Gasteiger partial charge in [0, 0.05) is 16.9 Å². The van der Waals surface area contributed by atoms with Gasteiger partial charge in [0.2, 0.25) is 0 Å². The molecular formula is C18H18N2O3. The number of hydrogen-bond acceptors (Lipinski definition) is 3. The number of aryl methyl sites for hydroxylation is 2. The quantitative estimate of drug-likeness (QED) is 0.943. The normalized spacial score (nSPS) is 13.8. The second-order valence-corrected chi connectivity index (χ2v) is 5.57. The van der Waals surface area contributed by atoms with Crippen molar-refractivity contribution in [1.29, 1.82) is 0 Å². The highest BCUT2D eigenvalue weighted by Crippen LogP contribution is 2.23. The number of anilines is 2. The van der Waals surface area contributed by atoms with Crippen LogP contribution in [0.15, 0.2) is 42.5 Å². The van der Waals surface area contributed by atoms with Crippen LogP contribution >= 0.6 is 0 Å². The van der Waals surface area contributed by atoms with Crippen molar-refractivity contribution in [3.8, 4) is 0 Å². The zero-order valence-corrected chi connectivity index (χ0v) is 13.1. The molecule has 0 aliphatic carbocycles. The number of ether oxygens (including phenoxy) is 1. The van der Waals surface area contributed by atoms with Gasteiger partial charge in [0.25, 0.3) is 5.91 Å². The van der Waals surface area contributed by atoms with Crippen LogP contribution in [0.4, 0.5) is 16.2 Å². The molecule has 1 saturated heterocycles. The Morgan fingerprint density at radius 1 is 1.13 bits per heavy atom. The SMILES string of the molecule is Cc1ccc(C(=O)Nc2cccc(N3CCOC3=O)c2)cc1C. The molecule has 5 heteroatoms. The maximum Gasteiger partial charge on any atom is 0.414 e. The fourth-order valence-corrected chi connectivity index (χ4v) is 2.47. The summed E-state index contributed by atoms with van der Waals surface area (Å²) in [5, 5.41) is 2.87. The summed E-state index contributed by atoms with van der Waals surface area (Å²) >= 11 is 0. The highest BCUT2D eigenvalue weighted by Gasteiger charge is 2.23. The number of carbonyl (C=O) groups is 2. The maximum absolute atomic E-state index is 12.4. The van der Waals surface area contributed by atoms with Crippen molar-refractivity contribution in [2.24, 2.45) is 0 Å². The summed E-state index contributed by atoms with van der Waals surface area (Å²) in [5.41, 5.74) is 4.19. The molecule has 1 aliphatic heterocycles. The van der Waals surface area contributed by atoms with Crippen molar-refractivity contribution in [3.05, 3.63) is 59.2 Å². The van der Waals surface area contributed by atoms with E-state index in [0.717, 1.165) is 11.1 Å². The lowest BCUT2D eigenvalue weighted by Gasteiger charge is -2.14. The van der Waals surface area contributed by atoms with E-state index in [-0.39, 0.29) is 12.0 Å². The van der Waals surface area contributed by atoms with E-state index in [0.29, 0.717) is 30.1 Å². The minimum Gasteiger partial charge on any atom is -0.447 e. The van der Waals surface area contributed by atoms with Crippen molar-refractivity contribution in [1.82, 2.24) is 0 Å². The number of rotatable bonds is 3. The monoisotopic (exact) mass is 310 g/mol. The first-order valence-electron chi connectivity index (χ1n) is 7.47. The molecule has 0 bridgehead atoms. The van der Waals surface area contributed by atoms with E-state index >= 15 is 0 Å². The molecule has 2 amide bonds. The molecule has 0 radical (unpaired) electrons. The third-order valence-electron chi connectivity index (χ3n) is 3.95. The predicted molar refractivity (Wildman–Crippen MR) is 89.0 cm³/mol. The Balaban J connectivity index is 1.78. The fraction of sp³-hybridized carbons (Fsp3) is 0.222. The molecule has 0 aromatic heterocycles. The van der Waals surface area contributed by atoms with Crippen molar-refractivity contribution >= 4 is 23.4 Å². The van der Waals surface area contributed by atoms with Crippen LogP contribution in [0.3, 0.4) is 0 Å². The van der Waals surface area contributed by atoms with E-state index in [1.54, 1.807) is 29.2 Å². The van der Waals surface area contributed by atoms with Crippen LogP contribution in [0.2, 0.25) is 0 Å². The maximum atomic E-state index is 12.4.